The summed E-state index contributed by atoms with van der Waals surface area (Å²) >= 11 is 0. The van der Waals surface area contributed by atoms with Crippen LogP contribution in [-0.2, 0) is 22.7 Å². The van der Waals surface area contributed by atoms with Crippen molar-refractivity contribution in [2.24, 2.45) is 5.92 Å². The molecule has 3 aromatic carbocycles. The molecule has 1 unspecified atom stereocenters. The Morgan fingerprint density at radius 1 is 0.788 bits per heavy atom. The number of nitrogens with one attached hydrogen (secondary N) is 1. The third-order valence-electron chi connectivity index (χ3n) is 7.11. The maximum atomic E-state index is 13.5. The van der Waals surface area contributed by atoms with Crippen LogP contribution in [-0.4, -0.2) is 19.7 Å². The average molecular weight is 467 g/mol. The molecule has 2 aliphatic rings. The Morgan fingerprint density at radius 2 is 1.42 bits per heavy atom. The molecule has 0 saturated carbocycles. The number of piperidine rings is 1. The maximum absolute atomic E-state index is 13.5. The van der Waals surface area contributed by atoms with Gasteiger partial charge in [0.1, 0.15) is 0 Å². The van der Waals surface area contributed by atoms with Crippen LogP contribution in [0.3, 0.4) is 0 Å². The van der Waals surface area contributed by atoms with Gasteiger partial charge in [-0.05, 0) is 102 Å². The molecule has 2 heterocycles. The number of ether oxygens (including phenoxy) is 1. The van der Waals surface area contributed by atoms with Gasteiger partial charge in [-0.1, -0.05) is 12.1 Å². The third kappa shape index (κ3) is 3.87. The molecule has 176 valence electrons. The summed E-state index contributed by atoms with van der Waals surface area (Å²) in [5.74, 6) is 0.179. The summed E-state index contributed by atoms with van der Waals surface area (Å²) in [7, 11) is 0. The lowest BCUT2D eigenvalue weighted by Gasteiger charge is -2.40. The zero-order chi connectivity index (χ0) is 23.4. The minimum absolute atomic E-state index is 0.160. The zero-order valence-corrected chi connectivity index (χ0v) is 17.7. The fourth-order valence-corrected chi connectivity index (χ4v) is 5.56. The van der Waals surface area contributed by atoms with Gasteiger partial charge in [0.2, 0.25) is 0 Å². The maximum Gasteiger partial charge on any atom is 0.416 e. The first kappa shape index (κ1) is 22.5. The van der Waals surface area contributed by atoms with E-state index in [1.165, 1.54) is 12.1 Å². The van der Waals surface area contributed by atoms with Gasteiger partial charge in [0, 0.05) is 6.61 Å². The van der Waals surface area contributed by atoms with Gasteiger partial charge in [0.05, 0.1) is 16.7 Å². The SMILES string of the molecule is FC(F)(F)c1ccc2cc(C3(C4CCNCC4)CCCO3)c3ccc(C(F)(F)F)cc3c2c1. The third-order valence-corrected chi connectivity index (χ3v) is 7.11. The van der Waals surface area contributed by atoms with Gasteiger partial charge in [0.25, 0.3) is 0 Å². The largest absolute Gasteiger partial charge is 0.416 e. The minimum atomic E-state index is -4.60. The second kappa shape index (κ2) is 7.87. The van der Waals surface area contributed by atoms with Crippen LogP contribution in [0.15, 0.2) is 42.5 Å². The lowest BCUT2D eigenvalue weighted by atomic mass is 9.72. The first-order valence-corrected chi connectivity index (χ1v) is 11.1. The molecule has 33 heavy (non-hydrogen) atoms. The zero-order valence-electron chi connectivity index (χ0n) is 17.7. The minimum Gasteiger partial charge on any atom is -0.370 e. The summed E-state index contributed by atoms with van der Waals surface area (Å²) in [6.07, 6.45) is -5.89. The molecule has 0 bridgehead atoms. The number of halogens is 6. The van der Waals surface area contributed by atoms with E-state index in [0.717, 1.165) is 68.6 Å². The van der Waals surface area contributed by atoms with E-state index in [9.17, 15) is 26.3 Å². The fourth-order valence-electron chi connectivity index (χ4n) is 5.56. The average Bonchev–Trinajstić information content (AvgIpc) is 3.28. The fraction of sp³-hybridized carbons (Fsp3) is 0.440. The summed E-state index contributed by atoms with van der Waals surface area (Å²) in [6, 6.07) is 8.51. The predicted octanol–water partition coefficient (Wildman–Crippen LogP) is 7.04. The molecule has 8 heteroatoms. The molecule has 2 fully saturated rings. The summed E-state index contributed by atoms with van der Waals surface area (Å²) in [5, 5.41) is 4.67. The molecule has 0 spiro atoms. The smallest absolute Gasteiger partial charge is 0.370 e. The number of benzene rings is 3. The molecule has 0 aromatic heterocycles. The van der Waals surface area contributed by atoms with Gasteiger partial charge in [-0.3, -0.25) is 0 Å². The van der Waals surface area contributed by atoms with Gasteiger partial charge in [-0.25, -0.2) is 0 Å². The number of hydrogen-bond acceptors (Lipinski definition) is 2. The highest BCUT2D eigenvalue weighted by Gasteiger charge is 2.46. The summed E-state index contributed by atoms with van der Waals surface area (Å²) in [4.78, 5) is 0. The van der Waals surface area contributed by atoms with Crippen molar-refractivity contribution in [1.29, 1.82) is 0 Å². The van der Waals surface area contributed by atoms with Crippen LogP contribution in [0.1, 0.15) is 42.4 Å². The number of alkyl halides is 6. The second-order valence-corrected chi connectivity index (χ2v) is 8.98. The van der Waals surface area contributed by atoms with Crippen molar-refractivity contribution in [3.05, 3.63) is 59.2 Å². The van der Waals surface area contributed by atoms with E-state index in [2.05, 4.69) is 5.32 Å². The first-order chi connectivity index (χ1) is 15.6. The number of fused-ring (bicyclic) bond motifs is 3. The molecule has 0 amide bonds. The molecule has 2 saturated heterocycles. The first-order valence-electron chi connectivity index (χ1n) is 11.1. The van der Waals surface area contributed by atoms with Gasteiger partial charge in [0.15, 0.2) is 0 Å². The van der Waals surface area contributed by atoms with Crippen LogP contribution in [0.2, 0.25) is 0 Å². The van der Waals surface area contributed by atoms with Crippen LogP contribution in [0.4, 0.5) is 26.3 Å². The molecular formula is C25H23F6NO. The van der Waals surface area contributed by atoms with E-state index < -0.39 is 29.1 Å². The predicted molar refractivity (Wildman–Crippen MR) is 114 cm³/mol. The molecule has 1 N–H and O–H groups in total. The molecule has 2 aliphatic heterocycles. The molecule has 1 atom stereocenters. The Hall–Kier alpha value is -2.32. The molecular weight excluding hydrogens is 444 g/mol. The van der Waals surface area contributed by atoms with Crippen LogP contribution < -0.4 is 5.32 Å². The van der Waals surface area contributed by atoms with Gasteiger partial charge < -0.3 is 10.1 Å². The molecule has 0 aliphatic carbocycles. The van der Waals surface area contributed by atoms with Crippen molar-refractivity contribution in [3.8, 4) is 0 Å². The van der Waals surface area contributed by atoms with Crippen molar-refractivity contribution in [2.75, 3.05) is 19.7 Å². The molecule has 2 nitrogen and oxygen atoms in total. The highest BCUT2D eigenvalue weighted by molar-refractivity contribution is 6.10. The van der Waals surface area contributed by atoms with Gasteiger partial charge >= 0.3 is 12.4 Å². The van der Waals surface area contributed by atoms with E-state index in [4.69, 9.17) is 4.74 Å². The van der Waals surface area contributed by atoms with Crippen LogP contribution >= 0.6 is 0 Å². The van der Waals surface area contributed by atoms with Crippen LogP contribution in [0.5, 0.6) is 0 Å². The lowest BCUT2D eigenvalue weighted by Crippen LogP contribution is -2.41. The van der Waals surface area contributed by atoms with Gasteiger partial charge in [-0.2, -0.15) is 26.3 Å². The quantitative estimate of drug-likeness (QED) is 0.323. The van der Waals surface area contributed by atoms with E-state index >= 15 is 0 Å². The van der Waals surface area contributed by atoms with E-state index in [1.807, 2.05) is 6.07 Å². The van der Waals surface area contributed by atoms with Crippen molar-refractivity contribution in [1.82, 2.24) is 5.32 Å². The lowest BCUT2D eigenvalue weighted by molar-refractivity contribution is -0.138. The summed E-state index contributed by atoms with van der Waals surface area (Å²) < 4.78 is 87.2. The molecule has 3 aromatic rings. The van der Waals surface area contributed by atoms with E-state index in [1.54, 1.807) is 0 Å². The Labute approximate surface area is 186 Å². The Balaban J connectivity index is 1.82. The molecule has 5 rings (SSSR count). The van der Waals surface area contributed by atoms with Crippen LogP contribution in [0, 0.1) is 5.92 Å². The summed E-state index contributed by atoms with van der Waals surface area (Å²) in [6.45, 7) is 2.21. The van der Waals surface area contributed by atoms with Crippen molar-refractivity contribution < 1.29 is 31.1 Å². The van der Waals surface area contributed by atoms with E-state index in [0.29, 0.717) is 17.4 Å². The molecule has 0 radical (unpaired) electrons. The van der Waals surface area contributed by atoms with Crippen LogP contribution in [0.25, 0.3) is 21.5 Å². The second-order valence-electron chi connectivity index (χ2n) is 8.98. The van der Waals surface area contributed by atoms with Crippen molar-refractivity contribution in [2.45, 2.75) is 43.6 Å². The number of rotatable bonds is 2. The van der Waals surface area contributed by atoms with E-state index in [-0.39, 0.29) is 16.7 Å². The highest BCUT2D eigenvalue weighted by Crippen LogP contribution is 2.50. The number of hydrogen-bond donors (Lipinski definition) is 1. The standard InChI is InChI=1S/C25H23F6NO/c26-24(27,28)17-3-2-15-12-22(23(8-1-11-33-23)16-6-9-32-10-7-16)19-5-4-18(25(29,30)31)14-21(19)20(15)13-17/h2-5,12-14,16,32H,1,6-11H2. The normalized spacial score (nSPS) is 23.0. The highest BCUT2D eigenvalue weighted by atomic mass is 19.4. The van der Waals surface area contributed by atoms with Crippen molar-refractivity contribution in [3.63, 3.8) is 0 Å². The Bertz CT molecular complexity index is 1190. The Morgan fingerprint density at radius 3 is 2.03 bits per heavy atom. The summed E-state index contributed by atoms with van der Waals surface area (Å²) in [5.41, 5.74) is -1.64. The Kier molecular flexibility index (Phi) is 5.36. The van der Waals surface area contributed by atoms with Crippen molar-refractivity contribution >= 4 is 21.5 Å². The monoisotopic (exact) mass is 467 g/mol. The topological polar surface area (TPSA) is 21.3 Å². The van der Waals surface area contributed by atoms with Gasteiger partial charge in [-0.15, -0.1) is 0 Å².